The van der Waals surface area contributed by atoms with Gasteiger partial charge in [-0.05, 0) is 24.8 Å². The standard InChI is InChI=1S/C18H25NO5/c20-16(7-4-10-24-14-15-5-2-1-3-6-15)19-18(13-17(21)22)8-11-23-12-9-18/h1-3,5-6H,4,7-14H2,(H,19,20)(H,21,22). The Hall–Kier alpha value is -1.92. The Bertz CT molecular complexity index is 525. The maximum Gasteiger partial charge on any atom is 0.305 e. The van der Waals surface area contributed by atoms with E-state index >= 15 is 0 Å². The second-order valence-corrected chi connectivity index (χ2v) is 6.15. The molecule has 0 radical (unpaired) electrons. The number of nitrogens with one attached hydrogen (secondary N) is 1. The molecule has 0 atom stereocenters. The molecule has 2 rings (SSSR count). The van der Waals surface area contributed by atoms with Crippen molar-refractivity contribution in [2.45, 2.75) is 44.2 Å². The first-order valence-corrected chi connectivity index (χ1v) is 8.32. The molecule has 0 unspecified atom stereocenters. The number of hydrogen-bond acceptors (Lipinski definition) is 4. The van der Waals surface area contributed by atoms with Crippen LogP contribution in [0.1, 0.15) is 37.7 Å². The van der Waals surface area contributed by atoms with Crippen LogP contribution in [0, 0.1) is 0 Å². The number of benzene rings is 1. The second-order valence-electron chi connectivity index (χ2n) is 6.15. The van der Waals surface area contributed by atoms with E-state index in [1.165, 1.54) is 0 Å². The van der Waals surface area contributed by atoms with Crippen molar-refractivity contribution in [2.75, 3.05) is 19.8 Å². The Morgan fingerprint density at radius 3 is 2.58 bits per heavy atom. The summed E-state index contributed by atoms with van der Waals surface area (Å²) >= 11 is 0. The summed E-state index contributed by atoms with van der Waals surface area (Å²) in [5.41, 5.74) is 0.427. The molecule has 1 aromatic carbocycles. The van der Waals surface area contributed by atoms with Gasteiger partial charge in [0, 0.05) is 26.2 Å². The molecular formula is C18H25NO5. The zero-order valence-electron chi connectivity index (χ0n) is 13.8. The van der Waals surface area contributed by atoms with Crippen LogP contribution in [0.4, 0.5) is 0 Å². The van der Waals surface area contributed by atoms with Crippen LogP contribution in [0.2, 0.25) is 0 Å². The second kappa shape index (κ2) is 9.39. The molecule has 1 saturated heterocycles. The van der Waals surface area contributed by atoms with Crippen molar-refractivity contribution in [1.29, 1.82) is 0 Å². The highest BCUT2D eigenvalue weighted by Gasteiger charge is 2.36. The van der Waals surface area contributed by atoms with Gasteiger partial charge in [-0.1, -0.05) is 30.3 Å². The maximum absolute atomic E-state index is 12.1. The number of carbonyl (C=O) groups excluding carboxylic acids is 1. The van der Waals surface area contributed by atoms with Gasteiger partial charge in [0.25, 0.3) is 0 Å². The molecule has 2 N–H and O–H groups in total. The van der Waals surface area contributed by atoms with Gasteiger partial charge in [-0.15, -0.1) is 0 Å². The predicted molar refractivity (Wildman–Crippen MR) is 88.5 cm³/mol. The monoisotopic (exact) mass is 335 g/mol. The molecule has 0 spiro atoms. The lowest BCUT2D eigenvalue weighted by atomic mass is 9.86. The Labute approximate surface area is 142 Å². The number of ether oxygens (including phenoxy) is 2. The van der Waals surface area contributed by atoms with Gasteiger partial charge in [0.1, 0.15) is 0 Å². The molecule has 24 heavy (non-hydrogen) atoms. The van der Waals surface area contributed by atoms with Gasteiger partial charge in [-0.2, -0.15) is 0 Å². The molecule has 6 heteroatoms. The summed E-state index contributed by atoms with van der Waals surface area (Å²) in [6, 6.07) is 9.86. The van der Waals surface area contributed by atoms with Gasteiger partial charge < -0.3 is 19.9 Å². The van der Waals surface area contributed by atoms with Crippen molar-refractivity contribution in [3.05, 3.63) is 35.9 Å². The molecular weight excluding hydrogens is 310 g/mol. The number of amides is 1. The van der Waals surface area contributed by atoms with Crippen LogP contribution in [0.15, 0.2) is 30.3 Å². The van der Waals surface area contributed by atoms with E-state index in [1.807, 2.05) is 30.3 Å². The Morgan fingerprint density at radius 2 is 1.92 bits per heavy atom. The SMILES string of the molecule is O=C(O)CC1(NC(=O)CCCOCc2ccccc2)CCOCC1. The number of carboxylic acid groups (broad SMARTS) is 1. The molecule has 1 aliphatic rings. The maximum atomic E-state index is 12.1. The first-order chi connectivity index (χ1) is 11.6. The van der Waals surface area contributed by atoms with Crippen LogP contribution in [0.3, 0.4) is 0 Å². The molecule has 132 valence electrons. The summed E-state index contributed by atoms with van der Waals surface area (Å²) in [6.07, 6.45) is 1.95. The van der Waals surface area contributed by atoms with Crippen LogP contribution < -0.4 is 5.32 Å². The lowest BCUT2D eigenvalue weighted by Crippen LogP contribution is -2.53. The normalized spacial score (nSPS) is 16.5. The van der Waals surface area contributed by atoms with E-state index in [1.54, 1.807) is 0 Å². The van der Waals surface area contributed by atoms with Gasteiger partial charge in [0.2, 0.25) is 5.91 Å². The lowest BCUT2D eigenvalue weighted by Gasteiger charge is -2.36. The fraction of sp³-hybridized carbons (Fsp3) is 0.556. The predicted octanol–water partition coefficient (Wildman–Crippen LogP) is 2.12. The molecule has 1 fully saturated rings. The van der Waals surface area contributed by atoms with Crippen LogP contribution in [0.25, 0.3) is 0 Å². The largest absolute Gasteiger partial charge is 0.481 e. The average Bonchev–Trinajstić information content (AvgIpc) is 2.55. The smallest absolute Gasteiger partial charge is 0.305 e. The zero-order chi connectivity index (χ0) is 17.3. The van der Waals surface area contributed by atoms with Crippen LogP contribution >= 0.6 is 0 Å². The Morgan fingerprint density at radius 1 is 1.21 bits per heavy atom. The summed E-state index contributed by atoms with van der Waals surface area (Å²) in [5, 5.41) is 12.0. The molecule has 1 heterocycles. The third kappa shape index (κ3) is 6.29. The summed E-state index contributed by atoms with van der Waals surface area (Å²) in [6.45, 7) is 1.99. The van der Waals surface area contributed by atoms with E-state index in [9.17, 15) is 9.59 Å². The Kier molecular flexibility index (Phi) is 7.21. The van der Waals surface area contributed by atoms with Gasteiger partial charge in [0.05, 0.1) is 18.6 Å². The molecule has 0 aromatic heterocycles. The van der Waals surface area contributed by atoms with Crippen molar-refractivity contribution in [3.63, 3.8) is 0 Å². The van der Waals surface area contributed by atoms with E-state index in [-0.39, 0.29) is 12.3 Å². The molecule has 0 saturated carbocycles. The minimum absolute atomic E-state index is 0.0629. The summed E-state index contributed by atoms with van der Waals surface area (Å²) in [5.74, 6) is -1.02. The number of aliphatic carboxylic acids is 1. The minimum Gasteiger partial charge on any atom is -0.481 e. The minimum atomic E-state index is -0.900. The highest BCUT2D eigenvalue weighted by molar-refractivity contribution is 5.78. The van der Waals surface area contributed by atoms with Gasteiger partial charge >= 0.3 is 5.97 Å². The molecule has 1 aromatic rings. The summed E-state index contributed by atoms with van der Waals surface area (Å²) < 4.78 is 10.8. The molecule has 1 amide bonds. The highest BCUT2D eigenvalue weighted by atomic mass is 16.5. The zero-order valence-corrected chi connectivity index (χ0v) is 13.8. The molecule has 0 bridgehead atoms. The van der Waals surface area contributed by atoms with Crippen molar-refractivity contribution in [1.82, 2.24) is 5.32 Å². The lowest BCUT2D eigenvalue weighted by molar-refractivity contribution is -0.140. The molecule has 6 nitrogen and oxygen atoms in total. The fourth-order valence-electron chi connectivity index (χ4n) is 2.85. The van der Waals surface area contributed by atoms with Gasteiger partial charge in [-0.3, -0.25) is 9.59 Å². The first kappa shape index (κ1) is 18.4. The topological polar surface area (TPSA) is 84.9 Å². The van der Waals surface area contributed by atoms with Crippen molar-refractivity contribution in [3.8, 4) is 0 Å². The third-order valence-corrected chi connectivity index (χ3v) is 4.15. The summed E-state index contributed by atoms with van der Waals surface area (Å²) in [7, 11) is 0. The summed E-state index contributed by atoms with van der Waals surface area (Å²) in [4.78, 5) is 23.2. The van der Waals surface area contributed by atoms with E-state index in [4.69, 9.17) is 14.6 Å². The number of carboxylic acids is 1. The quantitative estimate of drug-likeness (QED) is 0.675. The van der Waals surface area contributed by atoms with E-state index in [0.29, 0.717) is 52.1 Å². The van der Waals surface area contributed by atoms with Crippen LogP contribution in [-0.4, -0.2) is 42.3 Å². The van der Waals surface area contributed by atoms with E-state index < -0.39 is 11.5 Å². The van der Waals surface area contributed by atoms with Gasteiger partial charge in [-0.25, -0.2) is 0 Å². The molecule has 0 aliphatic carbocycles. The van der Waals surface area contributed by atoms with E-state index in [0.717, 1.165) is 5.56 Å². The third-order valence-electron chi connectivity index (χ3n) is 4.15. The van der Waals surface area contributed by atoms with Crippen LogP contribution in [-0.2, 0) is 25.7 Å². The first-order valence-electron chi connectivity index (χ1n) is 8.32. The highest BCUT2D eigenvalue weighted by Crippen LogP contribution is 2.24. The number of hydrogen-bond donors (Lipinski definition) is 2. The van der Waals surface area contributed by atoms with Gasteiger partial charge in [0.15, 0.2) is 0 Å². The number of carbonyl (C=O) groups is 2. The Balaban J connectivity index is 1.68. The number of rotatable bonds is 9. The van der Waals surface area contributed by atoms with Crippen molar-refractivity contribution in [2.24, 2.45) is 0 Å². The molecule has 1 aliphatic heterocycles. The van der Waals surface area contributed by atoms with Crippen molar-refractivity contribution < 1.29 is 24.2 Å². The van der Waals surface area contributed by atoms with Crippen LogP contribution in [0.5, 0.6) is 0 Å². The van der Waals surface area contributed by atoms with E-state index in [2.05, 4.69) is 5.32 Å². The van der Waals surface area contributed by atoms with Crippen molar-refractivity contribution >= 4 is 11.9 Å². The average molecular weight is 335 g/mol. The fourth-order valence-corrected chi connectivity index (χ4v) is 2.85.